The van der Waals surface area contributed by atoms with Crippen LogP contribution >= 0.6 is 0 Å². The standard InChI is InChI=1S/C14H19NO4S/c1-4-19-14(16)13-9-11(3)15(13)20(17,18)12-7-5-10(2)6-8-12/h5-8,11,13H,4,9H2,1-3H3/t11-,13-/m0/s1. The van der Waals surface area contributed by atoms with Crippen LogP contribution in [0.5, 0.6) is 0 Å². The molecule has 0 bridgehead atoms. The Morgan fingerprint density at radius 2 is 1.95 bits per heavy atom. The highest BCUT2D eigenvalue weighted by Crippen LogP contribution is 2.33. The molecule has 0 amide bonds. The van der Waals surface area contributed by atoms with Crippen molar-refractivity contribution in [2.24, 2.45) is 0 Å². The van der Waals surface area contributed by atoms with Gasteiger partial charge in [-0.25, -0.2) is 8.42 Å². The van der Waals surface area contributed by atoms with Crippen LogP contribution in [0, 0.1) is 6.92 Å². The number of rotatable bonds is 4. The molecule has 1 fully saturated rings. The van der Waals surface area contributed by atoms with Gasteiger partial charge < -0.3 is 4.74 Å². The Labute approximate surface area is 119 Å². The Balaban J connectivity index is 2.28. The predicted octanol–water partition coefficient (Wildman–Crippen LogP) is 1.71. The Morgan fingerprint density at radius 3 is 2.45 bits per heavy atom. The molecule has 20 heavy (non-hydrogen) atoms. The number of esters is 1. The second-order valence-electron chi connectivity index (χ2n) is 5.00. The van der Waals surface area contributed by atoms with Gasteiger partial charge in [-0.3, -0.25) is 4.79 Å². The molecule has 0 N–H and O–H groups in total. The molecular formula is C14H19NO4S. The zero-order valence-electron chi connectivity index (χ0n) is 11.9. The van der Waals surface area contributed by atoms with Crippen molar-refractivity contribution in [3.8, 4) is 0 Å². The predicted molar refractivity (Wildman–Crippen MR) is 74.7 cm³/mol. The van der Waals surface area contributed by atoms with Crippen molar-refractivity contribution in [1.82, 2.24) is 4.31 Å². The van der Waals surface area contributed by atoms with Gasteiger partial charge in [-0.1, -0.05) is 17.7 Å². The first-order chi connectivity index (χ1) is 9.37. The number of ether oxygens (including phenoxy) is 1. The number of benzene rings is 1. The molecule has 2 rings (SSSR count). The lowest BCUT2D eigenvalue weighted by atomic mass is 9.99. The Hall–Kier alpha value is -1.40. The summed E-state index contributed by atoms with van der Waals surface area (Å²) in [6.45, 7) is 5.65. The molecule has 1 aromatic rings. The van der Waals surface area contributed by atoms with E-state index in [-0.39, 0.29) is 17.5 Å². The van der Waals surface area contributed by atoms with E-state index in [0.29, 0.717) is 6.42 Å². The number of nitrogens with zero attached hydrogens (tertiary/aromatic N) is 1. The van der Waals surface area contributed by atoms with Crippen molar-refractivity contribution >= 4 is 16.0 Å². The first kappa shape index (κ1) is 15.0. The van der Waals surface area contributed by atoms with E-state index >= 15 is 0 Å². The van der Waals surface area contributed by atoms with Gasteiger partial charge >= 0.3 is 5.97 Å². The molecule has 0 aliphatic carbocycles. The molecule has 2 atom stereocenters. The van der Waals surface area contributed by atoms with E-state index in [2.05, 4.69) is 0 Å². The van der Waals surface area contributed by atoms with E-state index in [1.807, 2.05) is 6.92 Å². The van der Waals surface area contributed by atoms with Gasteiger partial charge in [0.05, 0.1) is 11.5 Å². The van der Waals surface area contributed by atoms with E-state index in [9.17, 15) is 13.2 Å². The van der Waals surface area contributed by atoms with Crippen molar-refractivity contribution in [3.63, 3.8) is 0 Å². The molecule has 1 aliphatic heterocycles. The van der Waals surface area contributed by atoms with Gasteiger partial charge in [0.2, 0.25) is 10.0 Å². The lowest BCUT2D eigenvalue weighted by Crippen LogP contribution is -2.60. The number of carbonyl (C=O) groups excluding carboxylic acids is 1. The number of sulfonamides is 1. The van der Waals surface area contributed by atoms with E-state index in [1.54, 1.807) is 38.1 Å². The average molecular weight is 297 g/mol. The summed E-state index contributed by atoms with van der Waals surface area (Å²) < 4.78 is 31.3. The van der Waals surface area contributed by atoms with E-state index in [1.165, 1.54) is 4.31 Å². The Bertz CT molecular complexity index is 594. The zero-order valence-corrected chi connectivity index (χ0v) is 12.7. The first-order valence-electron chi connectivity index (χ1n) is 6.64. The highest BCUT2D eigenvalue weighted by atomic mass is 32.2. The van der Waals surface area contributed by atoms with Gasteiger partial charge in [0, 0.05) is 6.04 Å². The third-order valence-corrected chi connectivity index (χ3v) is 5.50. The highest BCUT2D eigenvalue weighted by molar-refractivity contribution is 7.89. The number of carbonyl (C=O) groups is 1. The van der Waals surface area contributed by atoms with Crippen LogP contribution in [0.3, 0.4) is 0 Å². The van der Waals surface area contributed by atoms with Crippen molar-refractivity contribution in [2.75, 3.05) is 6.61 Å². The van der Waals surface area contributed by atoms with Crippen LogP contribution in [-0.4, -0.2) is 37.4 Å². The molecule has 1 aromatic carbocycles. The summed E-state index contributed by atoms with van der Waals surface area (Å²) in [5, 5.41) is 0. The maximum atomic E-state index is 12.6. The minimum absolute atomic E-state index is 0.185. The smallest absolute Gasteiger partial charge is 0.324 e. The summed E-state index contributed by atoms with van der Waals surface area (Å²) in [7, 11) is -3.65. The van der Waals surface area contributed by atoms with Crippen LogP contribution in [0.25, 0.3) is 0 Å². The van der Waals surface area contributed by atoms with E-state index < -0.39 is 22.0 Å². The van der Waals surface area contributed by atoms with E-state index in [4.69, 9.17) is 4.74 Å². The largest absolute Gasteiger partial charge is 0.465 e. The molecule has 0 unspecified atom stereocenters. The van der Waals surface area contributed by atoms with Crippen LogP contribution in [0.4, 0.5) is 0 Å². The van der Waals surface area contributed by atoms with Crippen LogP contribution in [0.15, 0.2) is 29.2 Å². The van der Waals surface area contributed by atoms with Gasteiger partial charge in [-0.05, 0) is 39.3 Å². The molecule has 1 heterocycles. The highest BCUT2D eigenvalue weighted by Gasteiger charge is 2.48. The minimum Gasteiger partial charge on any atom is -0.465 e. The lowest BCUT2D eigenvalue weighted by molar-refractivity contribution is -0.153. The zero-order chi connectivity index (χ0) is 14.9. The van der Waals surface area contributed by atoms with Crippen LogP contribution in [0.1, 0.15) is 25.8 Å². The summed E-state index contributed by atoms with van der Waals surface area (Å²) in [6.07, 6.45) is 0.504. The molecule has 6 heteroatoms. The molecular weight excluding hydrogens is 278 g/mol. The Kier molecular flexibility index (Phi) is 4.15. The lowest BCUT2D eigenvalue weighted by Gasteiger charge is -2.43. The van der Waals surface area contributed by atoms with Crippen molar-refractivity contribution in [3.05, 3.63) is 29.8 Å². The fourth-order valence-electron chi connectivity index (χ4n) is 2.38. The van der Waals surface area contributed by atoms with Crippen molar-refractivity contribution in [1.29, 1.82) is 0 Å². The summed E-state index contributed by atoms with van der Waals surface area (Å²) in [5.41, 5.74) is 0.988. The third kappa shape index (κ3) is 2.58. The third-order valence-electron chi connectivity index (χ3n) is 3.46. The van der Waals surface area contributed by atoms with Gasteiger partial charge in [-0.2, -0.15) is 4.31 Å². The second-order valence-corrected chi connectivity index (χ2v) is 6.84. The van der Waals surface area contributed by atoms with E-state index in [0.717, 1.165) is 5.56 Å². The van der Waals surface area contributed by atoms with Crippen LogP contribution in [-0.2, 0) is 19.6 Å². The number of aryl methyl sites for hydroxylation is 1. The van der Waals surface area contributed by atoms with Gasteiger partial charge in [0.15, 0.2) is 0 Å². The van der Waals surface area contributed by atoms with Crippen LogP contribution < -0.4 is 0 Å². The summed E-state index contributed by atoms with van der Waals surface area (Å²) >= 11 is 0. The molecule has 1 aliphatic rings. The number of hydrogen-bond donors (Lipinski definition) is 0. The average Bonchev–Trinajstić information content (AvgIpc) is 2.35. The SMILES string of the molecule is CCOC(=O)[C@@H]1C[C@H](C)N1S(=O)(=O)c1ccc(C)cc1. The monoisotopic (exact) mass is 297 g/mol. The molecule has 0 saturated carbocycles. The van der Waals surface area contributed by atoms with Gasteiger partial charge in [-0.15, -0.1) is 0 Å². The quantitative estimate of drug-likeness (QED) is 0.794. The normalized spacial score (nSPS) is 23.1. The molecule has 0 aromatic heterocycles. The fourth-order valence-corrected chi connectivity index (χ4v) is 4.17. The number of hydrogen-bond acceptors (Lipinski definition) is 4. The van der Waals surface area contributed by atoms with Crippen molar-refractivity contribution in [2.45, 2.75) is 44.2 Å². The topological polar surface area (TPSA) is 63.7 Å². The molecule has 110 valence electrons. The molecule has 1 saturated heterocycles. The van der Waals surface area contributed by atoms with Crippen molar-refractivity contribution < 1.29 is 17.9 Å². The molecule has 5 nitrogen and oxygen atoms in total. The van der Waals surface area contributed by atoms with Gasteiger partial charge in [0.25, 0.3) is 0 Å². The minimum atomic E-state index is -3.65. The molecule has 0 spiro atoms. The summed E-state index contributed by atoms with van der Waals surface area (Å²) in [4.78, 5) is 12.0. The second kappa shape index (κ2) is 5.54. The maximum Gasteiger partial charge on any atom is 0.324 e. The summed E-state index contributed by atoms with van der Waals surface area (Å²) in [6, 6.07) is 5.75. The fraction of sp³-hybridized carbons (Fsp3) is 0.500. The Morgan fingerprint density at radius 1 is 1.35 bits per heavy atom. The molecule has 0 radical (unpaired) electrons. The van der Waals surface area contributed by atoms with Gasteiger partial charge in [0.1, 0.15) is 6.04 Å². The van der Waals surface area contributed by atoms with Crippen LogP contribution in [0.2, 0.25) is 0 Å². The maximum absolute atomic E-state index is 12.6. The summed E-state index contributed by atoms with van der Waals surface area (Å²) in [5.74, 6) is -0.471. The first-order valence-corrected chi connectivity index (χ1v) is 8.08.